The van der Waals surface area contributed by atoms with Crippen molar-refractivity contribution in [2.45, 2.75) is 44.1 Å². The molecule has 1 heterocycles. The Kier molecular flexibility index (Phi) is 8.40. The van der Waals surface area contributed by atoms with Gasteiger partial charge in [0.05, 0.1) is 18.8 Å². The maximum absolute atomic E-state index is 14.4. The van der Waals surface area contributed by atoms with E-state index in [9.17, 15) is 22.4 Å². The average molecular weight is 493 g/mol. The zero-order valence-electron chi connectivity index (χ0n) is 19.4. The molecule has 34 heavy (non-hydrogen) atoms. The molecule has 184 valence electrons. The SMILES string of the molecule is CCC(C)c1ccccc1NC(=O)C(C)OC(=O)c1ccc(F)c(S(=O)(=O)N2CCOCC2)c1. The van der Waals surface area contributed by atoms with E-state index in [-0.39, 0.29) is 37.8 Å². The van der Waals surface area contributed by atoms with Crippen molar-refractivity contribution in [2.75, 3.05) is 31.6 Å². The van der Waals surface area contributed by atoms with Gasteiger partial charge in [-0.2, -0.15) is 4.31 Å². The van der Waals surface area contributed by atoms with Crippen LogP contribution in [0.2, 0.25) is 0 Å². The van der Waals surface area contributed by atoms with Gasteiger partial charge in [0.15, 0.2) is 6.10 Å². The number of rotatable bonds is 8. The number of nitrogens with one attached hydrogen (secondary N) is 1. The zero-order valence-corrected chi connectivity index (χ0v) is 20.2. The van der Waals surface area contributed by atoms with Crippen LogP contribution in [0.1, 0.15) is 49.0 Å². The van der Waals surface area contributed by atoms with Gasteiger partial charge in [-0.25, -0.2) is 17.6 Å². The maximum atomic E-state index is 14.4. The second-order valence-corrected chi connectivity index (χ2v) is 10.0. The number of halogens is 1. The molecule has 1 fully saturated rings. The molecule has 0 aliphatic carbocycles. The molecule has 0 aromatic heterocycles. The Bertz CT molecular complexity index is 1150. The minimum absolute atomic E-state index is 0.0891. The maximum Gasteiger partial charge on any atom is 0.338 e. The summed E-state index contributed by atoms with van der Waals surface area (Å²) in [5, 5.41) is 2.78. The van der Waals surface area contributed by atoms with E-state index in [1.807, 2.05) is 26.0 Å². The number of hydrogen-bond donors (Lipinski definition) is 1. The lowest BCUT2D eigenvalue weighted by Crippen LogP contribution is -2.41. The molecule has 0 radical (unpaired) electrons. The van der Waals surface area contributed by atoms with Gasteiger partial charge in [0, 0.05) is 18.8 Å². The van der Waals surface area contributed by atoms with Gasteiger partial charge in [0.25, 0.3) is 5.91 Å². The molecule has 0 spiro atoms. The van der Waals surface area contributed by atoms with Gasteiger partial charge in [-0.1, -0.05) is 32.0 Å². The van der Waals surface area contributed by atoms with Crippen LogP contribution in [0, 0.1) is 5.82 Å². The summed E-state index contributed by atoms with van der Waals surface area (Å²) in [5.41, 5.74) is 1.42. The number of benzene rings is 2. The first-order chi connectivity index (χ1) is 16.1. The van der Waals surface area contributed by atoms with Gasteiger partial charge in [-0.05, 0) is 49.1 Å². The molecule has 2 unspecified atom stereocenters. The van der Waals surface area contributed by atoms with Gasteiger partial charge >= 0.3 is 5.97 Å². The van der Waals surface area contributed by atoms with E-state index < -0.39 is 38.7 Å². The molecule has 0 bridgehead atoms. The summed E-state index contributed by atoms with van der Waals surface area (Å²) in [4.78, 5) is 24.7. The molecule has 10 heteroatoms. The molecule has 1 aliphatic heterocycles. The number of hydrogen-bond acceptors (Lipinski definition) is 6. The fourth-order valence-corrected chi connectivity index (χ4v) is 5.03. The van der Waals surface area contributed by atoms with E-state index in [1.54, 1.807) is 12.1 Å². The van der Waals surface area contributed by atoms with E-state index in [0.29, 0.717) is 5.69 Å². The Labute approximate surface area is 199 Å². The lowest BCUT2D eigenvalue weighted by molar-refractivity contribution is -0.123. The predicted molar refractivity (Wildman–Crippen MR) is 125 cm³/mol. The molecule has 1 amide bonds. The smallest absolute Gasteiger partial charge is 0.338 e. The summed E-state index contributed by atoms with van der Waals surface area (Å²) in [6.45, 7) is 6.09. The van der Waals surface area contributed by atoms with E-state index in [2.05, 4.69) is 5.32 Å². The van der Waals surface area contributed by atoms with Crippen molar-refractivity contribution in [3.8, 4) is 0 Å². The third-order valence-corrected chi connectivity index (χ3v) is 7.68. The van der Waals surface area contributed by atoms with Crippen molar-refractivity contribution in [3.63, 3.8) is 0 Å². The highest BCUT2D eigenvalue weighted by atomic mass is 32.2. The lowest BCUT2D eigenvalue weighted by atomic mass is 9.97. The first-order valence-electron chi connectivity index (χ1n) is 11.1. The van der Waals surface area contributed by atoms with Crippen LogP contribution in [0.5, 0.6) is 0 Å². The van der Waals surface area contributed by atoms with Gasteiger partial charge in [0.2, 0.25) is 10.0 Å². The number of carbonyl (C=O) groups is 2. The van der Waals surface area contributed by atoms with Crippen LogP contribution in [0.4, 0.5) is 10.1 Å². The molecular weight excluding hydrogens is 463 g/mol. The number of ether oxygens (including phenoxy) is 2. The van der Waals surface area contributed by atoms with Crippen LogP contribution in [0.15, 0.2) is 47.4 Å². The largest absolute Gasteiger partial charge is 0.449 e. The quantitative estimate of drug-likeness (QED) is 0.566. The highest BCUT2D eigenvalue weighted by Gasteiger charge is 2.30. The fraction of sp³-hybridized carbons (Fsp3) is 0.417. The topological polar surface area (TPSA) is 102 Å². The molecule has 2 atom stereocenters. The molecule has 1 N–H and O–H groups in total. The lowest BCUT2D eigenvalue weighted by Gasteiger charge is -2.26. The number of sulfonamides is 1. The minimum Gasteiger partial charge on any atom is -0.449 e. The normalized spacial score (nSPS) is 16.5. The van der Waals surface area contributed by atoms with Gasteiger partial charge in [-0.15, -0.1) is 0 Å². The summed E-state index contributed by atoms with van der Waals surface area (Å²) in [5.74, 6) is -2.22. The van der Waals surface area contributed by atoms with Crippen molar-refractivity contribution < 1.29 is 31.9 Å². The Morgan fingerprint density at radius 2 is 1.82 bits per heavy atom. The van der Waals surface area contributed by atoms with Gasteiger partial charge < -0.3 is 14.8 Å². The van der Waals surface area contributed by atoms with E-state index in [0.717, 1.165) is 34.5 Å². The van der Waals surface area contributed by atoms with Crippen molar-refractivity contribution >= 4 is 27.6 Å². The van der Waals surface area contributed by atoms with Crippen LogP contribution in [-0.2, 0) is 24.3 Å². The van der Waals surface area contributed by atoms with E-state index in [1.165, 1.54) is 6.92 Å². The number of esters is 1. The van der Waals surface area contributed by atoms with Crippen molar-refractivity contribution in [2.24, 2.45) is 0 Å². The summed E-state index contributed by atoms with van der Waals surface area (Å²) >= 11 is 0. The first kappa shape index (κ1) is 25.8. The number of morpholine rings is 1. The third kappa shape index (κ3) is 5.81. The Balaban J connectivity index is 1.73. The highest BCUT2D eigenvalue weighted by Crippen LogP contribution is 2.27. The third-order valence-electron chi connectivity index (χ3n) is 5.77. The number of carbonyl (C=O) groups excluding carboxylic acids is 2. The highest BCUT2D eigenvalue weighted by molar-refractivity contribution is 7.89. The second kappa shape index (κ2) is 11.1. The van der Waals surface area contributed by atoms with Crippen LogP contribution >= 0.6 is 0 Å². The number of para-hydroxylation sites is 1. The summed E-state index contributed by atoms with van der Waals surface area (Å²) in [6, 6.07) is 10.3. The van der Waals surface area contributed by atoms with Crippen LogP contribution in [0.25, 0.3) is 0 Å². The minimum atomic E-state index is -4.16. The van der Waals surface area contributed by atoms with Crippen molar-refractivity contribution in [1.82, 2.24) is 4.31 Å². The van der Waals surface area contributed by atoms with Gasteiger partial charge in [-0.3, -0.25) is 4.79 Å². The molecule has 0 saturated carbocycles. The molecule has 1 aliphatic rings. The van der Waals surface area contributed by atoms with Crippen molar-refractivity contribution in [1.29, 1.82) is 0 Å². The number of nitrogens with zero attached hydrogens (tertiary/aromatic N) is 1. The van der Waals surface area contributed by atoms with E-state index in [4.69, 9.17) is 9.47 Å². The first-order valence-corrected chi connectivity index (χ1v) is 12.6. The molecule has 2 aromatic rings. The second-order valence-electron chi connectivity index (χ2n) is 8.09. The molecule has 8 nitrogen and oxygen atoms in total. The van der Waals surface area contributed by atoms with Crippen molar-refractivity contribution in [3.05, 3.63) is 59.4 Å². The van der Waals surface area contributed by atoms with Crippen LogP contribution in [0.3, 0.4) is 0 Å². The molecule has 2 aromatic carbocycles. The standard InChI is InChI=1S/C24H29FN2O6S/c1-4-16(2)19-7-5-6-8-21(19)26-23(28)17(3)33-24(29)18-9-10-20(25)22(15-18)34(30,31)27-11-13-32-14-12-27/h5-10,15-17H,4,11-14H2,1-3H3,(H,26,28). The zero-order chi connectivity index (χ0) is 24.9. The monoisotopic (exact) mass is 492 g/mol. The van der Waals surface area contributed by atoms with Gasteiger partial charge in [0.1, 0.15) is 10.7 Å². The Morgan fingerprint density at radius 3 is 2.50 bits per heavy atom. The number of amides is 1. The van der Waals surface area contributed by atoms with E-state index >= 15 is 0 Å². The van der Waals surface area contributed by atoms with Crippen LogP contribution in [-0.4, -0.2) is 57.0 Å². The van der Waals surface area contributed by atoms with Crippen LogP contribution < -0.4 is 5.32 Å². The summed E-state index contributed by atoms with van der Waals surface area (Å²) in [7, 11) is -4.16. The fourth-order valence-electron chi connectivity index (χ4n) is 3.53. The molecule has 3 rings (SSSR count). The summed E-state index contributed by atoms with van der Waals surface area (Å²) in [6.07, 6.45) is -0.278. The molecule has 1 saturated heterocycles. The number of anilines is 1. The Morgan fingerprint density at radius 1 is 1.15 bits per heavy atom. The Hall–Kier alpha value is -2.82. The average Bonchev–Trinajstić information content (AvgIpc) is 2.84. The predicted octanol–water partition coefficient (Wildman–Crippen LogP) is 3.54. The summed E-state index contributed by atoms with van der Waals surface area (Å²) < 4.78 is 51.6. The molecular formula is C24H29FN2O6S.